The third-order valence-electron chi connectivity index (χ3n) is 14.2. The van der Waals surface area contributed by atoms with Crippen LogP contribution in [0.3, 0.4) is 0 Å². The number of fused-ring (bicyclic) bond motifs is 8. The molecule has 0 radical (unpaired) electrons. The summed E-state index contributed by atoms with van der Waals surface area (Å²) in [4.78, 5) is 0. The van der Waals surface area contributed by atoms with Gasteiger partial charge < -0.3 is 0 Å². The van der Waals surface area contributed by atoms with Crippen molar-refractivity contribution >= 4 is 75.4 Å². The van der Waals surface area contributed by atoms with Crippen LogP contribution in [0, 0.1) is 0 Å². The van der Waals surface area contributed by atoms with Gasteiger partial charge in [-0.2, -0.15) is 0 Å². The molecule has 0 nitrogen and oxygen atoms in total. The Hall–Kier alpha value is -5.46. The van der Waals surface area contributed by atoms with Gasteiger partial charge in [-0.3, -0.25) is 0 Å². The Morgan fingerprint density at radius 1 is 0.242 bits per heavy atom. The molecule has 0 saturated carbocycles. The van der Waals surface area contributed by atoms with Crippen LogP contribution in [0.2, 0.25) is 0 Å². The third-order valence-corrected chi connectivity index (χ3v) is 14.2. The van der Waals surface area contributed by atoms with E-state index in [1.54, 1.807) is 0 Å². The Balaban J connectivity index is 1.55. The molecule has 0 N–H and O–H groups in total. The summed E-state index contributed by atoms with van der Waals surface area (Å²) >= 11 is 0. The van der Waals surface area contributed by atoms with Gasteiger partial charge in [0.15, 0.2) is 0 Å². The van der Waals surface area contributed by atoms with Crippen molar-refractivity contribution in [2.45, 2.75) is 131 Å². The average Bonchev–Trinajstić information content (AvgIpc) is 3.69. The smallest absolute Gasteiger partial charge is 0.000719 e. The van der Waals surface area contributed by atoms with E-state index in [1.807, 2.05) is 0 Å². The molecule has 0 aliphatic carbocycles. The molecule has 0 unspecified atom stereocenters. The highest BCUT2D eigenvalue weighted by molar-refractivity contribution is 6.44. The van der Waals surface area contributed by atoms with E-state index in [1.165, 1.54) is 125 Å². The van der Waals surface area contributed by atoms with Gasteiger partial charge in [-0.25, -0.2) is 0 Å². The van der Waals surface area contributed by atoms with Crippen molar-refractivity contribution < 1.29 is 0 Å². The summed E-state index contributed by atoms with van der Waals surface area (Å²) in [6.45, 7) is 35.4. The maximum atomic E-state index is 2.62. The molecule has 0 heterocycles. The highest BCUT2D eigenvalue weighted by Gasteiger charge is 2.30. The molecule has 0 bridgehead atoms. The monoisotopic (exact) mass is 809 g/mol. The predicted molar refractivity (Wildman–Crippen MR) is 276 cm³/mol. The van der Waals surface area contributed by atoms with Crippen molar-refractivity contribution in [2.24, 2.45) is 0 Å². The first-order valence-electron chi connectivity index (χ1n) is 23.0. The summed E-state index contributed by atoms with van der Waals surface area (Å²) in [6, 6.07) is 46.1. The van der Waals surface area contributed by atoms with Crippen molar-refractivity contribution in [3.63, 3.8) is 0 Å². The molecule has 0 atom stereocenters. The van der Waals surface area contributed by atoms with E-state index >= 15 is 0 Å². The summed E-state index contributed by atoms with van der Waals surface area (Å²) < 4.78 is 0. The molecule has 0 fully saturated rings. The Morgan fingerprint density at radius 3 is 1.15 bits per heavy atom. The van der Waals surface area contributed by atoms with E-state index in [0.29, 0.717) is 0 Å². The van der Waals surface area contributed by atoms with E-state index in [2.05, 4.69) is 219 Å². The number of hydrogen-bond donors (Lipinski definition) is 0. The van der Waals surface area contributed by atoms with Gasteiger partial charge in [0.05, 0.1) is 0 Å². The van der Waals surface area contributed by atoms with Crippen molar-refractivity contribution in [2.75, 3.05) is 0 Å². The highest BCUT2D eigenvalue weighted by Crippen LogP contribution is 2.56. The quantitative estimate of drug-likeness (QED) is 0.153. The van der Waals surface area contributed by atoms with Crippen LogP contribution in [-0.2, 0) is 27.1 Å². The van der Waals surface area contributed by atoms with Gasteiger partial charge in [0, 0.05) is 0 Å². The Morgan fingerprint density at radius 2 is 0.661 bits per heavy atom. The lowest BCUT2D eigenvalue weighted by Crippen LogP contribution is -2.16. The second-order valence-electron chi connectivity index (χ2n) is 23.9. The molecule has 0 heteroatoms. The largest absolute Gasteiger partial charge is 0.0610 e. The fourth-order valence-corrected chi connectivity index (χ4v) is 10.5. The van der Waals surface area contributed by atoms with Gasteiger partial charge in [0.1, 0.15) is 0 Å². The van der Waals surface area contributed by atoms with E-state index in [-0.39, 0.29) is 27.1 Å². The molecule has 10 aromatic carbocycles. The Kier molecular flexibility index (Phi) is 8.54. The predicted octanol–water partition coefficient (Wildman–Crippen LogP) is 18.5. The summed E-state index contributed by atoms with van der Waals surface area (Å²) in [5, 5.41) is 18.9. The minimum Gasteiger partial charge on any atom is -0.0610 e. The standard InChI is InChI=1S/C62H64/c1-58(2,3)38-25-26-43-48(33-38)44-21-18-24-47-54(44)49(43)34-50-52(36-27-39(59(4,5)6)31-40(28-36)60(7,8)9)56-45-22-16-19-35-20-17-23-46(51(35)45)57(56)53(55(47)50)37-29-41(61(10,11)12)32-42(30-37)62(13,14)15/h16-34H,1-15H3. The van der Waals surface area contributed by atoms with Gasteiger partial charge in [-0.15, -0.1) is 0 Å². The maximum Gasteiger partial charge on any atom is -0.000719 e. The van der Waals surface area contributed by atoms with Crippen molar-refractivity contribution in [1.82, 2.24) is 0 Å². The lowest BCUT2D eigenvalue weighted by molar-refractivity contribution is 0.568. The zero-order valence-corrected chi connectivity index (χ0v) is 40.0. The Bertz CT molecular complexity index is 3370. The molecule has 62 heavy (non-hydrogen) atoms. The fraction of sp³-hybridized carbons (Fsp3) is 0.323. The number of hydrogen-bond acceptors (Lipinski definition) is 0. The lowest BCUT2D eigenvalue weighted by Gasteiger charge is -2.28. The molecule has 0 saturated heterocycles. The van der Waals surface area contributed by atoms with Gasteiger partial charge >= 0.3 is 0 Å². The Labute approximate surface area is 370 Å². The fourth-order valence-electron chi connectivity index (χ4n) is 10.5. The molecule has 0 aliphatic rings. The number of benzene rings is 8. The van der Waals surface area contributed by atoms with Crippen LogP contribution in [0.25, 0.3) is 97.7 Å². The molecule has 10 aromatic rings. The highest BCUT2D eigenvalue weighted by atomic mass is 14.3. The first-order chi connectivity index (χ1) is 28.9. The molecule has 312 valence electrons. The van der Waals surface area contributed by atoms with Crippen molar-refractivity contribution in [1.29, 1.82) is 0 Å². The van der Waals surface area contributed by atoms with Crippen molar-refractivity contribution in [3.05, 3.63) is 143 Å². The molecule has 10 rings (SSSR count). The third kappa shape index (κ3) is 6.14. The maximum absolute atomic E-state index is 2.62. The molecule has 0 spiro atoms. The minimum atomic E-state index is -0.0353. The van der Waals surface area contributed by atoms with Gasteiger partial charge in [-0.1, -0.05) is 207 Å². The van der Waals surface area contributed by atoms with Crippen LogP contribution in [0.4, 0.5) is 0 Å². The summed E-state index contributed by atoms with van der Waals surface area (Å²) in [5.41, 5.74) is 12.1. The summed E-state index contributed by atoms with van der Waals surface area (Å²) in [7, 11) is 0. The zero-order chi connectivity index (χ0) is 44.2. The second kappa shape index (κ2) is 13.0. The molecule has 0 aromatic heterocycles. The van der Waals surface area contributed by atoms with Crippen LogP contribution >= 0.6 is 0 Å². The second-order valence-corrected chi connectivity index (χ2v) is 23.9. The van der Waals surface area contributed by atoms with Crippen LogP contribution < -0.4 is 0 Å². The topological polar surface area (TPSA) is 0 Å². The van der Waals surface area contributed by atoms with E-state index in [0.717, 1.165) is 0 Å². The summed E-state index contributed by atoms with van der Waals surface area (Å²) in [5.74, 6) is 0. The summed E-state index contributed by atoms with van der Waals surface area (Å²) in [6.07, 6.45) is 0. The molecule has 0 aliphatic heterocycles. The van der Waals surface area contributed by atoms with Crippen LogP contribution in [-0.4, -0.2) is 0 Å². The zero-order valence-electron chi connectivity index (χ0n) is 40.0. The normalized spacial score (nSPS) is 13.7. The van der Waals surface area contributed by atoms with Crippen LogP contribution in [0.5, 0.6) is 0 Å². The van der Waals surface area contributed by atoms with Crippen LogP contribution in [0.1, 0.15) is 132 Å². The van der Waals surface area contributed by atoms with Gasteiger partial charge in [0.25, 0.3) is 0 Å². The van der Waals surface area contributed by atoms with Gasteiger partial charge in [-0.05, 0) is 165 Å². The minimum absolute atomic E-state index is 0.0337. The van der Waals surface area contributed by atoms with E-state index in [9.17, 15) is 0 Å². The molecular formula is C62H64. The number of rotatable bonds is 2. The van der Waals surface area contributed by atoms with E-state index in [4.69, 9.17) is 0 Å². The van der Waals surface area contributed by atoms with Gasteiger partial charge in [0.2, 0.25) is 0 Å². The lowest BCUT2D eigenvalue weighted by atomic mass is 9.76. The first kappa shape index (κ1) is 40.6. The first-order valence-corrected chi connectivity index (χ1v) is 23.0. The molecular weight excluding hydrogens is 745 g/mol. The average molecular weight is 809 g/mol. The van der Waals surface area contributed by atoms with Crippen molar-refractivity contribution in [3.8, 4) is 22.3 Å². The molecule has 0 amide bonds. The van der Waals surface area contributed by atoms with E-state index < -0.39 is 0 Å². The SMILES string of the molecule is CC(C)(C)c1cc(-c2c3cc4c5ccc(C(C)(C)C)cc5c5cccc(c3c(-c3cc(C(C)(C)C)cc(C(C)(C)C)c3)c3c6cccc7cccc(c23)c76)c54)cc(C(C)(C)C)c1. The van der Waals surface area contributed by atoms with Crippen LogP contribution in [0.15, 0.2) is 115 Å².